The highest BCUT2D eigenvalue weighted by molar-refractivity contribution is 6.33. The normalized spacial score (nSPS) is 10.8. The average molecular weight is 303 g/mol. The summed E-state index contributed by atoms with van der Waals surface area (Å²) in [5, 5.41) is 0.523. The van der Waals surface area contributed by atoms with Gasteiger partial charge in [0.2, 0.25) is 0 Å². The Morgan fingerprint density at radius 1 is 1.19 bits per heavy atom. The van der Waals surface area contributed by atoms with Crippen molar-refractivity contribution < 1.29 is 4.79 Å². The van der Waals surface area contributed by atoms with E-state index in [2.05, 4.69) is 16.8 Å². The Kier molecular flexibility index (Phi) is 5.90. The number of nitrogens with zero attached hydrogens (tertiary/aromatic N) is 2. The van der Waals surface area contributed by atoms with E-state index in [4.69, 9.17) is 11.6 Å². The largest absolute Gasteiger partial charge is 0.297 e. The highest BCUT2D eigenvalue weighted by Crippen LogP contribution is 2.17. The number of rotatable bonds is 7. The standard InChI is InChI=1S/C17H19ClN2O/c1-2-20(13-14-7-5-6-11-19-14)12-10-17(21)15-8-3-4-9-16(15)18/h3-9,11H,2,10,12-13H2,1H3. The molecule has 0 atom stereocenters. The van der Waals surface area contributed by atoms with E-state index in [9.17, 15) is 4.79 Å². The average Bonchev–Trinajstić information content (AvgIpc) is 2.52. The van der Waals surface area contributed by atoms with Crippen LogP contribution in [0.25, 0.3) is 0 Å². The van der Waals surface area contributed by atoms with Crippen LogP contribution in [0.15, 0.2) is 48.7 Å². The van der Waals surface area contributed by atoms with Crippen molar-refractivity contribution in [2.24, 2.45) is 0 Å². The van der Waals surface area contributed by atoms with Crippen molar-refractivity contribution >= 4 is 17.4 Å². The van der Waals surface area contributed by atoms with Crippen molar-refractivity contribution in [3.05, 3.63) is 64.9 Å². The van der Waals surface area contributed by atoms with Crippen molar-refractivity contribution in [1.82, 2.24) is 9.88 Å². The quantitative estimate of drug-likeness (QED) is 0.729. The first-order chi connectivity index (χ1) is 10.2. The first-order valence-electron chi connectivity index (χ1n) is 7.10. The second-order valence-corrected chi connectivity index (χ2v) is 5.25. The van der Waals surface area contributed by atoms with Crippen LogP contribution in [0.3, 0.4) is 0 Å². The van der Waals surface area contributed by atoms with Gasteiger partial charge in [-0.2, -0.15) is 0 Å². The second kappa shape index (κ2) is 7.91. The van der Waals surface area contributed by atoms with Gasteiger partial charge >= 0.3 is 0 Å². The van der Waals surface area contributed by atoms with Gasteiger partial charge in [-0.15, -0.1) is 0 Å². The minimum Gasteiger partial charge on any atom is -0.297 e. The minimum absolute atomic E-state index is 0.0834. The van der Waals surface area contributed by atoms with E-state index >= 15 is 0 Å². The SMILES string of the molecule is CCN(CCC(=O)c1ccccc1Cl)Cc1ccccn1. The van der Waals surface area contributed by atoms with Gasteiger partial charge in [-0.3, -0.25) is 14.7 Å². The molecule has 0 spiro atoms. The summed E-state index contributed by atoms with van der Waals surface area (Å²) < 4.78 is 0. The van der Waals surface area contributed by atoms with E-state index in [1.54, 1.807) is 18.3 Å². The van der Waals surface area contributed by atoms with Crippen molar-refractivity contribution in [2.45, 2.75) is 19.9 Å². The highest BCUT2D eigenvalue weighted by atomic mass is 35.5. The smallest absolute Gasteiger partial charge is 0.165 e. The minimum atomic E-state index is 0.0834. The Bertz CT molecular complexity index is 586. The summed E-state index contributed by atoms with van der Waals surface area (Å²) in [5.41, 5.74) is 1.62. The summed E-state index contributed by atoms with van der Waals surface area (Å²) in [6.07, 6.45) is 2.25. The molecule has 2 rings (SSSR count). The lowest BCUT2D eigenvalue weighted by Crippen LogP contribution is -2.26. The molecule has 0 saturated heterocycles. The van der Waals surface area contributed by atoms with E-state index in [1.165, 1.54) is 0 Å². The van der Waals surface area contributed by atoms with Gasteiger partial charge in [0.05, 0.1) is 10.7 Å². The molecule has 1 aromatic carbocycles. The number of benzene rings is 1. The fourth-order valence-corrected chi connectivity index (χ4v) is 2.39. The fraction of sp³-hybridized carbons (Fsp3) is 0.294. The third-order valence-corrected chi connectivity index (χ3v) is 3.72. The Morgan fingerprint density at radius 2 is 1.95 bits per heavy atom. The molecule has 0 aliphatic carbocycles. The van der Waals surface area contributed by atoms with Gasteiger partial charge < -0.3 is 0 Å². The molecule has 0 aliphatic heterocycles. The first-order valence-corrected chi connectivity index (χ1v) is 7.48. The fourth-order valence-electron chi connectivity index (χ4n) is 2.15. The van der Waals surface area contributed by atoms with Crippen LogP contribution >= 0.6 is 11.6 Å². The zero-order valence-electron chi connectivity index (χ0n) is 12.1. The van der Waals surface area contributed by atoms with Crippen LogP contribution in [0.5, 0.6) is 0 Å². The lowest BCUT2D eigenvalue weighted by molar-refractivity contribution is 0.0963. The molecule has 4 heteroatoms. The van der Waals surface area contributed by atoms with E-state index < -0.39 is 0 Å². The third-order valence-electron chi connectivity index (χ3n) is 3.39. The molecule has 0 saturated carbocycles. The van der Waals surface area contributed by atoms with Gasteiger partial charge in [0, 0.05) is 31.3 Å². The molecule has 1 aromatic heterocycles. The summed E-state index contributed by atoms with van der Waals surface area (Å²) >= 11 is 6.05. The number of carbonyl (C=O) groups excluding carboxylic acids is 1. The van der Waals surface area contributed by atoms with Crippen molar-refractivity contribution in [2.75, 3.05) is 13.1 Å². The number of Topliss-reactive ketones (excluding diaryl/α,β-unsaturated/α-hetero) is 1. The van der Waals surface area contributed by atoms with Crippen LogP contribution in [0.4, 0.5) is 0 Å². The number of halogens is 1. The van der Waals surface area contributed by atoms with Gasteiger partial charge in [-0.25, -0.2) is 0 Å². The number of ketones is 1. The van der Waals surface area contributed by atoms with E-state index in [1.807, 2.05) is 30.3 Å². The number of hydrogen-bond acceptors (Lipinski definition) is 3. The van der Waals surface area contributed by atoms with Gasteiger partial charge in [-0.1, -0.05) is 36.7 Å². The lowest BCUT2D eigenvalue weighted by atomic mass is 10.1. The van der Waals surface area contributed by atoms with Crippen LogP contribution < -0.4 is 0 Å². The molecule has 0 fully saturated rings. The van der Waals surface area contributed by atoms with Gasteiger partial charge in [0.1, 0.15) is 0 Å². The molecule has 110 valence electrons. The number of carbonyl (C=O) groups is 1. The zero-order valence-corrected chi connectivity index (χ0v) is 12.9. The second-order valence-electron chi connectivity index (χ2n) is 4.84. The predicted octanol–water partition coefficient (Wildman–Crippen LogP) is 3.83. The summed E-state index contributed by atoms with van der Waals surface area (Å²) in [5.74, 6) is 0.0834. The molecule has 0 unspecified atom stereocenters. The Hall–Kier alpha value is -1.71. The number of pyridine rings is 1. The topological polar surface area (TPSA) is 33.2 Å². The number of hydrogen-bond donors (Lipinski definition) is 0. The number of aromatic nitrogens is 1. The van der Waals surface area contributed by atoms with Crippen molar-refractivity contribution in [3.63, 3.8) is 0 Å². The van der Waals surface area contributed by atoms with Crippen LogP contribution in [-0.2, 0) is 6.54 Å². The Labute approximate surface area is 130 Å². The maximum absolute atomic E-state index is 12.2. The predicted molar refractivity (Wildman–Crippen MR) is 85.6 cm³/mol. The Balaban J connectivity index is 1.91. The van der Waals surface area contributed by atoms with Crippen LogP contribution in [0.2, 0.25) is 5.02 Å². The summed E-state index contributed by atoms with van der Waals surface area (Å²) in [6.45, 7) is 4.43. The van der Waals surface area contributed by atoms with Crippen molar-refractivity contribution in [1.29, 1.82) is 0 Å². The monoisotopic (exact) mass is 302 g/mol. The van der Waals surface area contributed by atoms with E-state index in [0.717, 1.165) is 18.8 Å². The molecule has 2 aromatic rings. The van der Waals surface area contributed by atoms with E-state index in [-0.39, 0.29) is 5.78 Å². The Morgan fingerprint density at radius 3 is 2.62 bits per heavy atom. The molecule has 21 heavy (non-hydrogen) atoms. The summed E-state index contributed by atoms with van der Waals surface area (Å²) in [7, 11) is 0. The first kappa shape index (κ1) is 15.7. The molecule has 0 N–H and O–H groups in total. The maximum atomic E-state index is 12.2. The highest BCUT2D eigenvalue weighted by Gasteiger charge is 2.12. The molecular formula is C17H19ClN2O. The maximum Gasteiger partial charge on any atom is 0.165 e. The molecule has 3 nitrogen and oxygen atoms in total. The summed E-state index contributed by atoms with van der Waals surface area (Å²) in [6, 6.07) is 13.1. The molecule has 0 aliphatic rings. The zero-order chi connectivity index (χ0) is 15.1. The third kappa shape index (κ3) is 4.66. The van der Waals surface area contributed by atoms with E-state index in [0.29, 0.717) is 23.6 Å². The van der Waals surface area contributed by atoms with Crippen molar-refractivity contribution in [3.8, 4) is 0 Å². The molecular weight excluding hydrogens is 284 g/mol. The van der Waals surface area contributed by atoms with Gasteiger partial charge in [0.15, 0.2) is 5.78 Å². The van der Waals surface area contributed by atoms with Crippen LogP contribution in [0, 0.1) is 0 Å². The molecule has 1 heterocycles. The molecule has 0 amide bonds. The summed E-state index contributed by atoms with van der Waals surface area (Å²) in [4.78, 5) is 18.7. The lowest BCUT2D eigenvalue weighted by Gasteiger charge is -2.19. The van der Waals surface area contributed by atoms with Crippen LogP contribution in [-0.4, -0.2) is 28.8 Å². The van der Waals surface area contributed by atoms with Gasteiger partial charge in [0.25, 0.3) is 0 Å². The van der Waals surface area contributed by atoms with Gasteiger partial charge in [-0.05, 0) is 30.8 Å². The van der Waals surface area contributed by atoms with Crippen LogP contribution in [0.1, 0.15) is 29.4 Å². The molecule has 0 bridgehead atoms. The molecule has 0 radical (unpaired) electrons.